The second-order valence-corrected chi connectivity index (χ2v) is 6.16. The molecule has 1 unspecified atom stereocenters. The van der Waals surface area contributed by atoms with Gasteiger partial charge >= 0.3 is 0 Å². The van der Waals surface area contributed by atoms with E-state index in [0.717, 1.165) is 44.6 Å². The van der Waals surface area contributed by atoms with E-state index in [-0.39, 0.29) is 0 Å². The van der Waals surface area contributed by atoms with Crippen molar-refractivity contribution in [1.82, 2.24) is 15.5 Å². The molecule has 0 bridgehead atoms. The number of H-pyrrole nitrogens is 1. The van der Waals surface area contributed by atoms with Crippen LogP contribution in [0.1, 0.15) is 47.7 Å². The molecular weight excluding hydrogens is 274 g/mol. The number of aromatic nitrogens is 2. The Hall–Kier alpha value is -1.81. The number of nitrogens with one attached hydrogen (secondary N) is 2. The van der Waals surface area contributed by atoms with Crippen LogP contribution in [0, 0.1) is 13.8 Å². The highest BCUT2D eigenvalue weighted by Crippen LogP contribution is 2.32. The lowest BCUT2D eigenvalue weighted by Crippen LogP contribution is -2.22. The molecule has 1 atom stereocenters. The Morgan fingerprint density at radius 2 is 2.27 bits per heavy atom. The van der Waals surface area contributed by atoms with E-state index in [1.165, 1.54) is 22.4 Å². The van der Waals surface area contributed by atoms with Crippen molar-refractivity contribution >= 4 is 0 Å². The van der Waals surface area contributed by atoms with Gasteiger partial charge in [0.2, 0.25) is 0 Å². The predicted molar refractivity (Wildman–Crippen MR) is 88.3 cm³/mol. The molecule has 3 rings (SSSR count). The minimum Gasteiger partial charge on any atom is -0.493 e. The highest BCUT2D eigenvalue weighted by atomic mass is 16.5. The van der Waals surface area contributed by atoms with E-state index in [4.69, 9.17) is 4.74 Å². The summed E-state index contributed by atoms with van der Waals surface area (Å²) in [6, 6.07) is 6.91. The zero-order chi connectivity index (χ0) is 15.4. The third-order valence-electron chi connectivity index (χ3n) is 4.38. The number of benzene rings is 1. The van der Waals surface area contributed by atoms with Crippen LogP contribution in [0.5, 0.6) is 5.75 Å². The van der Waals surface area contributed by atoms with Crippen molar-refractivity contribution in [3.8, 4) is 5.75 Å². The topological polar surface area (TPSA) is 49.9 Å². The quantitative estimate of drug-likeness (QED) is 0.831. The first-order valence-electron chi connectivity index (χ1n) is 8.19. The maximum Gasteiger partial charge on any atom is 0.124 e. The van der Waals surface area contributed by atoms with Crippen molar-refractivity contribution in [2.45, 2.75) is 45.6 Å². The van der Waals surface area contributed by atoms with Crippen molar-refractivity contribution in [2.24, 2.45) is 0 Å². The Kier molecular flexibility index (Phi) is 4.78. The van der Waals surface area contributed by atoms with Crippen LogP contribution in [-0.2, 0) is 6.42 Å². The van der Waals surface area contributed by atoms with Crippen molar-refractivity contribution in [3.05, 3.63) is 46.8 Å². The Morgan fingerprint density at radius 1 is 1.36 bits per heavy atom. The lowest BCUT2D eigenvalue weighted by atomic mass is 10.00. The van der Waals surface area contributed by atoms with Gasteiger partial charge in [0.1, 0.15) is 5.75 Å². The molecule has 0 amide bonds. The van der Waals surface area contributed by atoms with Crippen molar-refractivity contribution < 1.29 is 4.74 Å². The molecule has 2 aromatic rings. The van der Waals surface area contributed by atoms with Crippen LogP contribution in [0.3, 0.4) is 0 Å². The molecule has 2 N–H and O–H groups in total. The zero-order valence-electron chi connectivity index (χ0n) is 13.5. The fraction of sp³-hybridized carbons (Fsp3) is 0.500. The summed E-state index contributed by atoms with van der Waals surface area (Å²) < 4.78 is 5.86. The van der Waals surface area contributed by atoms with Gasteiger partial charge in [0.15, 0.2) is 0 Å². The van der Waals surface area contributed by atoms with Crippen molar-refractivity contribution in [2.75, 3.05) is 13.2 Å². The summed E-state index contributed by atoms with van der Waals surface area (Å²) in [5, 5.41) is 10.8. The summed E-state index contributed by atoms with van der Waals surface area (Å²) in [4.78, 5) is 0. The molecule has 0 radical (unpaired) electrons. The smallest absolute Gasteiger partial charge is 0.124 e. The van der Waals surface area contributed by atoms with E-state index in [2.05, 4.69) is 47.6 Å². The average molecular weight is 299 g/mol. The Labute approximate surface area is 132 Å². The summed E-state index contributed by atoms with van der Waals surface area (Å²) in [7, 11) is 0. The third kappa shape index (κ3) is 3.50. The van der Waals surface area contributed by atoms with Crippen molar-refractivity contribution in [3.63, 3.8) is 0 Å². The Bertz CT molecular complexity index is 621. The summed E-state index contributed by atoms with van der Waals surface area (Å²) in [6.07, 6.45) is 6.37. The van der Waals surface area contributed by atoms with Gasteiger partial charge in [-0.2, -0.15) is 5.10 Å². The highest BCUT2D eigenvalue weighted by molar-refractivity contribution is 5.39. The molecule has 118 valence electrons. The number of nitrogens with zero attached hydrogens (tertiary/aromatic N) is 1. The predicted octanol–water partition coefficient (Wildman–Crippen LogP) is 3.46. The molecular formula is C18H25N3O. The molecule has 0 saturated heterocycles. The lowest BCUT2D eigenvalue weighted by Gasteiger charge is -2.19. The number of fused-ring (bicyclic) bond motifs is 1. The minimum absolute atomic E-state index is 0.405. The average Bonchev–Trinajstić information content (AvgIpc) is 2.81. The molecule has 0 saturated carbocycles. The van der Waals surface area contributed by atoms with Crippen LogP contribution in [-0.4, -0.2) is 23.3 Å². The summed E-state index contributed by atoms with van der Waals surface area (Å²) in [6.45, 7) is 6.06. The molecule has 1 aromatic heterocycles. The van der Waals surface area contributed by atoms with Gasteiger partial charge in [0, 0.05) is 17.3 Å². The molecule has 1 aliphatic heterocycles. The highest BCUT2D eigenvalue weighted by Gasteiger charge is 2.19. The first-order chi connectivity index (χ1) is 10.7. The first-order valence-corrected chi connectivity index (χ1v) is 8.19. The van der Waals surface area contributed by atoms with Crippen LogP contribution in [0.4, 0.5) is 0 Å². The van der Waals surface area contributed by atoms with Gasteiger partial charge < -0.3 is 10.1 Å². The summed E-state index contributed by atoms with van der Waals surface area (Å²) in [5.41, 5.74) is 5.12. The number of hydrogen-bond acceptors (Lipinski definition) is 3. The monoisotopic (exact) mass is 299 g/mol. The molecule has 4 heteroatoms. The first kappa shape index (κ1) is 15.1. The van der Waals surface area contributed by atoms with Gasteiger partial charge in [-0.15, -0.1) is 0 Å². The van der Waals surface area contributed by atoms with E-state index in [1.54, 1.807) is 0 Å². The SMILES string of the molecule is Cc1ccc2c(c1)C(NCCCc1cn[nH]c1C)CCCO2. The maximum absolute atomic E-state index is 5.86. The number of rotatable bonds is 5. The van der Waals surface area contributed by atoms with E-state index in [9.17, 15) is 0 Å². The molecule has 2 heterocycles. The van der Waals surface area contributed by atoms with Gasteiger partial charge in [-0.25, -0.2) is 0 Å². The molecule has 0 aliphatic carbocycles. The standard InChI is InChI=1S/C18H25N3O/c1-13-7-8-18-16(11-13)17(6-4-10-22-18)19-9-3-5-15-12-20-21-14(15)2/h7-8,11-12,17,19H,3-6,9-10H2,1-2H3,(H,20,21). The van der Waals surface area contributed by atoms with E-state index in [0.29, 0.717) is 6.04 Å². The lowest BCUT2D eigenvalue weighted by molar-refractivity contribution is 0.315. The van der Waals surface area contributed by atoms with Crippen LogP contribution in [0.15, 0.2) is 24.4 Å². The van der Waals surface area contributed by atoms with Crippen molar-refractivity contribution in [1.29, 1.82) is 0 Å². The van der Waals surface area contributed by atoms with E-state index < -0.39 is 0 Å². The fourth-order valence-corrected chi connectivity index (χ4v) is 3.09. The van der Waals surface area contributed by atoms with Gasteiger partial charge in [0.25, 0.3) is 0 Å². The second-order valence-electron chi connectivity index (χ2n) is 6.16. The number of aryl methyl sites for hydroxylation is 3. The Balaban J connectivity index is 1.58. The molecule has 1 aromatic carbocycles. The summed E-state index contributed by atoms with van der Waals surface area (Å²) in [5.74, 6) is 1.05. The number of aromatic amines is 1. The van der Waals surface area contributed by atoms with Gasteiger partial charge in [-0.05, 0) is 57.7 Å². The molecule has 4 nitrogen and oxygen atoms in total. The van der Waals surface area contributed by atoms with Gasteiger partial charge in [0.05, 0.1) is 12.8 Å². The third-order valence-corrected chi connectivity index (χ3v) is 4.38. The zero-order valence-corrected chi connectivity index (χ0v) is 13.5. The van der Waals surface area contributed by atoms with E-state index >= 15 is 0 Å². The summed E-state index contributed by atoms with van der Waals surface area (Å²) >= 11 is 0. The molecule has 22 heavy (non-hydrogen) atoms. The number of ether oxygens (including phenoxy) is 1. The Morgan fingerprint density at radius 3 is 3.09 bits per heavy atom. The molecule has 1 aliphatic rings. The molecule has 0 fully saturated rings. The van der Waals surface area contributed by atoms with Crippen LogP contribution in [0.2, 0.25) is 0 Å². The molecule has 0 spiro atoms. The normalized spacial score (nSPS) is 17.6. The maximum atomic E-state index is 5.86. The van der Waals surface area contributed by atoms with E-state index in [1.807, 2.05) is 6.20 Å². The minimum atomic E-state index is 0.405. The van der Waals surface area contributed by atoms with Crippen LogP contribution in [0.25, 0.3) is 0 Å². The number of hydrogen-bond donors (Lipinski definition) is 2. The largest absolute Gasteiger partial charge is 0.493 e. The fourth-order valence-electron chi connectivity index (χ4n) is 3.09. The van der Waals surface area contributed by atoms with Gasteiger partial charge in [-0.1, -0.05) is 17.7 Å². The second kappa shape index (κ2) is 6.97. The van der Waals surface area contributed by atoms with Gasteiger partial charge in [-0.3, -0.25) is 5.10 Å². The van der Waals surface area contributed by atoms with Crippen LogP contribution < -0.4 is 10.1 Å². The van der Waals surface area contributed by atoms with Crippen LogP contribution >= 0.6 is 0 Å².